The second-order valence-corrected chi connectivity index (χ2v) is 4.36. The van der Waals surface area contributed by atoms with Gasteiger partial charge in [-0.05, 0) is 12.8 Å². The van der Waals surface area contributed by atoms with Crippen LogP contribution in [0.3, 0.4) is 0 Å². The summed E-state index contributed by atoms with van der Waals surface area (Å²) in [6.45, 7) is 5.54. The zero-order valence-electron chi connectivity index (χ0n) is 8.32. The van der Waals surface area contributed by atoms with Crippen LogP contribution < -0.4 is 0 Å². The summed E-state index contributed by atoms with van der Waals surface area (Å²) in [5.74, 6) is 0.401. The lowest BCUT2D eigenvalue weighted by molar-refractivity contribution is -0.143. The van der Waals surface area contributed by atoms with Crippen molar-refractivity contribution in [1.29, 1.82) is 0 Å². The fourth-order valence-corrected chi connectivity index (χ4v) is 2.16. The quantitative estimate of drug-likeness (QED) is 0.607. The number of carbonyl (C=O) groups is 1. The van der Waals surface area contributed by atoms with Crippen molar-refractivity contribution in [3.05, 3.63) is 0 Å². The molecule has 0 aromatic heterocycles. The Labute approximate surface area is 79.0 Å². The van der Waals surface area contributed by atoms with Crippen LogP contribution in [0.15, 0.2) is 0 Å². The Hall–Kier alpha value is -0.570. The molecule has 2 aliphatic heterocycles. The summed E-state index contributed by atoms with van der Waals surface area (Å²) in [4.78, 5) is 13.7. The Kier molecular flexibility index (Phi) is 2.28. The van der Waals surface area contributed by atoms with Crippen LogP contribution >= 0.6 is 0 Å². The van der Waals surface area contributed by atoms with Crippen LogP contribution in [0, 0.1) is 5.92 Å². The van der Waals surface area contributed by atoms with Crippen molar-refractivity contribution >= 4 is 5.91 Å². The number of hydrogen-bond acceptors (Lipinski definition) is 2. The molecule has 13 heavy (non-hydrogen) atoms. The average Bonchev–Trinajstić information content (AvgIpc) is 2.44. The first kappa shape index (κ1) is 9.00. The normalized spacial score (nSPS) is 32.7. The van der Waals surface area contributed by atoms with E-state index in [-0.39, 0.29) is 11.8 Å². The van der Waals surface area contributed by atoms with Gasteiger partial charge in [-0.1, -0.05) is 13.8 Å². The molecule has 2 atom stereocenters. The van der Waals surface area contributed by atoms with Crippen molar-refractivity contribution in [3.63, 3.8) is 0 Å². The highest BCUT2D eigenvalue weighted by Crippen LogP contribution is 2.26. The molecule has 74 valence electrons. The number of likely N-dealkylation sites (tertiary alicyclic amines) is 1. The van der Waals surface area contributed by atoms with Gasteiger partial charge < -0.3 is 9.64 Å². The maximum absolute atomic E-state index is 11.7. The van der Waals surface area contributed by atoms with Crippen molar-refractivity contribution in [2.45, 2.75) is 38.9 Å². The molecule has 1 amide bonds. The molecule has 0 aliphatic carbocycles. The van der Waals surface area contributed by atoms with E-state index in [0.717, 1.165) is 25.9 Å². The Morgan fingerprint density at radius 2 is 1.85 bits per heavy atom. The van der Waals surface area contributed by atoms with Gasteiger partial charge in [-0.15, -0.1) is 0 Å². The summed E-state index contributed by atoms with van der Waals surface area (Å²) in [5.41, 5.74) is 0. The predicted octanol–water partition coefficient (Wildman–Crippen LogP) is 1.03. The van der Waals surface area contributed by atoms with E-state index in [0.29, 0.717) is 12.2 Å². The fourth-order valence-electron chi connectivity index (χ4n) is 2.16. The lowest BCUT2D eigenvalue weighted by Gasteiger charge is -2.33. The first-order valence-corrected chi connectivity index (χ1v) is 5.11. The molecule has 0 unspecified atom stereocenters. The van der Waals surface area contributed by atoms with Crippen LogP contribution in [0.25, 0.3) is 0 Å². The predicted molar refractivity (Wildman–Crippen MR) is 49.3 cm³/mol. The highest BCUT2D eigenvalue weighted by molar-refractivity contribution is 5.78. The molecule has 2 fully saturated rings. The molecule has 0 aromatic carbocycles. The van der Waals surface area contributed by atoms with Gasteiger partial charge in [-0.2, -0.15) is 0 Å². The molecular weight excluding hydrogens is 166 g/mol. The van der Waals surface area contributed by atoms with Crippen LogP contribution in [-0.4, -0.2) is 36.1 Å². The largest absolute Gasteiger partial charge is 0.371 e. The van der Waals surface area contributed by atoms with Crippen LogP contribution in [0.5, 0.6) is 0 Å². The lowest BCUT2D eigenvalue weighted by Crippen LogP contribution is -2.47. The molecule has 0 radical (unpaired) electrons. The van der Waals surface area contributed by atoms with Gasteiger partial charge in [0.25, 0.3) is 0 Å². The second kappa shape index (κ2) is 3.29. The maximum Gasteiger partial charge on any atom is 0.225 e. The van der Waals surface area contributed by atoms with E-state index >= 15 is 0 Å². The van der Waals surface area contributed by atoms with Crippen LogP contribution in [0.1, 0.15) is 26.7 Å². The number of hydrogen-bond donors (Lipinski definition) is 0. The lowest BCUT2D eigenvalue weighted by atomic mass is 10.1. The minimum atomic E-state index is 0.123. The van der Waals surface area contributed by atoms with Crippen molar-refractivity contribution in [2.75, 3.05) is 13.1 Å². The summed E-state index contributed by atoms with van der Waals surface area (Å²) in [7, 11) is 0. The van der Waals surface area contributed by atoms with Gasteiger partial charge in [-0.25, -0.2) is 0 Å². The van der Waals surface area contributed by atoms with E-state index in [4.69, 9.17) is 4.74 Å². The van der Waals surface area contributed by atoms with Crippen LogP contribution in [0.4, 0.5) is 0 Å². The molecule has 2 saturated heterocycles. The molecule has 2 bridgehead atoms. The van der Waals surface area contributed by atoms with Gasteiger partial charge in [0.1, 0.15) is 0 Å². The molecule has 0 spiro atoms. The number of morpholine rings is 1. The minimum absolute atomic E-state index is 0.123. The smallest absolute Gasteiger partial charge is 0.225 e. The molecule has 0 aromatic rings. The van der Waals surface area contributed by atoms with Crippen molar-refractivity contribution in [2.24, 2.45) is 5.92 Å². The first-order chi connectivity index (χ1) is 6.16. The monoisotopic (exact) mass is 183 g/mol. The summed E-state index contributed by atoms with van der Waals surface area (Å²) in [6.07, 6.45) is 2.90. The zero-order chi connectivity index (χ0) is 9.42. The van der Waals surface area contributed by atoms with Crippen molar-refractivity contribution in [3.8, 4) is 0 Å². The van der Waals surface area contributed by atoms with E-state index < -0.39 is 0 Å². The van der Waals surface area contributed by atoms with Gasteiger partial charge in [-0.3, -0.25) is 4.79 Å². The molecule has 0 N–H and O–H groups in total. The molecule has 3 nitrogen and oxygen atoms in total. The van der Waals surface area contributed by atoms with E-state index in [1.807, 2.05) is 18.7 Å². The highest BCUT2D eigenvalue weighted by Gasteiger charge is 2.35. The van der Waals surface area contributed by atoms with Crippen LogP contribution in [0.2, 0.25) is 0 Å². The number of carbonyl (C=O) groups excluding carboxylic acids is 1. The zero-order valence-corrected chi connectivity index (χ0v) is 8.32. The Balaban J connectivity index is 1.98. The summed E-state index contributed by atoms with van der Waals surface area (Å²) in [6, 6.07) is 0. The van der Waals surface area contributed by atoms with Gasteiger partial charge in [0.15, 0.2) is 0 Å². The molecule has 2 rings (SSSR count). The third kappa shape index (κ3) is 1.70. The first-order valence-electron chi connectivity index (χ1n) is 5.11. The number of rotatable bonds is 1. The number of ether oxygens (including phenoxy) is 1. The number of fused-ring (bicyclic) bond motifs is 2. The molecular formula is C10H17NO2. The minimum Gasteiger partial charge on any atom is -0.371 e. The third-order valence-corrected chi connectivity index (χ3v) is 2.85. The number of nitrogens with zero attached hydrogens (tertiary/aromatic N) is 1. The summed E-state index contributed by atoms with van der Waals surface area (Å²) >= 11 is 0. The molecule has 3 heteroatoms. The Morgan fingerprint density at radius 1 is 1.31 bits per heavy atom. The van der Waals surface area contributed by atoms with Crippen molar-refractivity contribution in [1.82, 2.24) is 4.90 Å². The van der Waals surface area contributed by atoms with Gasteiger partial charge in [0.05, 0.1) is 12.2 Å². The van der Waals surface area contributed by atoms with E-state index in [9.17, 15) is 4.79 Å². The second-order valence-electron chi connectivity index (χ2n) is 4.36. The van der Waals surface area contributed by atoms with Crippen molar-refractivity contribution < 1.29 is 9.53 Å². The molecule has 2 heterocycles. The van der Waals surface area contributed by atoms with E-state index in [1.165, 1.54) is 0 Å². The van der Waals surface area contributed by atoms with Gasteiger partial charge >= 0.3 is 0 Å². The molecule has 0 saturated carbocycles. The maximum atomic E-state index is 11.7. The Morgan fingerprint density at radius 3 is 2.31 bits per heavy atom. The summed E-state index contributed by atoms with van der Waals surface area (Å²) < 4.78 is 5.66. The summed E-state index contributed by atoms with van der Waals surface area (Å²) in [5, 5.41) is 0. The standard InChI is InChI=1S/C10H17NO2/c1-7(2)10(12)11-5-8-3-4-9(6-11)13-8/h7-9H,3-6H2,1-2H3/t8-,9+. The Bertz CT molecular complexity index is 203. The topological polar surface area (TPSA) is 29.5 Å². The SMILES string of the molecule is CC(C)C(=O)N1C[C@H]2CC[C@@H](C1)O2. The number of amides is 1. The molecule has 2 aliphatic rings. The van der Waals surface area contributed by atoms with E-state index in [2.05, 4.69) is 0 Å². The average molecular weight is 183 g/mol. The van der Waals surface area contributed by atoms with Gasteiger partial charge in [0.2, 0.25) is 5.91 Å². The van der Waals surface area contributed by atoms with Crippen LogP contribution in [-0.2, 0) is 9.53 Å². The third-order valence-electron chi connectivity index (χ3n) is 2.85. The highest BCUT2D eigenvalue weighted by atomic mass is 16.5. The van der Waals surface area contributed by atoms with Gasteiger partial charge in [0, 0.05) is 19.0 Å². The van der Waals surface area contributed by atoms with E-state index in [1.54, 1.807) is 0 Å². The fraction of sp³-hybridized carbons (Fsp3) is 0.900.